The monoisotopic (exact) mass is 430 g/mol. The van der Waals surface area contributed by atoms with Gasteiger partial charge in [0.2, 0.25) is 5.91 Å². The van der Waals surface area contributed by atoms with E-state index in [9.17, 15) is 9.18 Å². The molecule has 0 aliphatic heterocycles. The Morgan fingerprint density at radius 3 is 2.48 bits per heavy atom. The Morgan fingerprint density at radius 1 is 1.23 bits per heavy atom. The minimum atomic E-state index is -0.131. The highest BCUT2D eigenvalue weighted by molar-refractivity contribution is 5.83. The molecule has 4 aliphatic carbocycles. The van der Waals surface area contributed by atoms with Gasteiger partial charge in [0.1, 0.15) is 12.4 Å². The lowest BCUT2D eigenvalue weighted by Crippen LogP contribution is -2.56. The van der Waals surface area contributed by atoms with Gasteiger partial charge in [0.15, 0.2) is 0 Å². The molecule has 0 radical (unpaired) electrons. The summed E-state index contributed by atoms with van der Waals surface area (Å²) in [7, 11) is 1.73. The number of carbonyl (C=O) groups excluding carboxylic acids is 1. The first kappa shape index (κ1) is 22.3. The quantitative estimate of drug-likeness (QED) is 0.619. The number of hydrogen-bond acceptors (Lipinski definition) is 4. The summed E-state index contributed by atoms with van der Waals surface area (Å²) in [6.45, 7) is 0.964. The van der Waals surface area contributed by atoms with E-state index in [4.69, 9.17) is 15.2 Å². The Balaban J connectivity index is 1.41. The van der Waals surface area contributed by atoms with E-state index in [1.807, 2.05) is 24.3 Å². The second kappa shape index (κ2) is 9.70. The van der Waals surface area contributed by atoms with Gasteiger partial charge in [0, 0.05) is 43.2 Å². The highest BCUT2D eigenvalue weighted by Crippen LogP contribution is 2.51. The Morgan fingerprint density at radius 2 is 1.90 bits per heavy atom. The summed E-state index contributed by atoms with van der Waals surface area (Å²) >= 11 is 0. The number of hydrogen-bond donors (Lipinski definition) is 2. The standard InChI is InChI=1S/C25H35FN2O3/c1-30-16-20-12-22(28-24(29)25-9-6-17(7-10-25)8-11-25)23(20)19-2-4-21(5-3-19)31-15-18(13-26)14-27/h2-5,13,17,20,22-23H,6-12,14-16,27H2,1H3,(H,28,29)/b18-13+/t17?,20-,22+,23-,25?/m0/s1. The molecule has 0 aromatic heterocycles. The number of rotatable bonds is 9. The third-order valence-corrected chi connectivity index (χ3v) is 7.88. The van der Waals surface area contributed by atoms with Crippen LogP contribution in [0.4, 0.5) is 4.39 Å². The van der Waals surface area contributed by atoms with Crippen molar-refractivity contribution in [1.82, 2.24) is 5.32 Å². The number of amides is 1. The van der Waals surface area contributed by atoms with E-state index >= 15 is 0 Å². The maximum absolute atomic E-state index is 13.3. The van der Waals surface area contributed by atoms with Crippen molar-refractivity contribution in [2.24, 2.45) is 23.0 Å². The molecule has 3 atom stereocenters. The molecule has 0 unspecified atom stereocenters. The zero-order chi connectivity index (χ0) is 21.8. The predicted octanol–water partition coefficient (Wildman–Crippen LogP) is 4.08. The second-order valence-corrected chi connectivity index (χ2v) is 9.65. The number of nitrogens with one attached hydrogen (secondary N) is 1. The molecule has 3 N–H and O–H groups in total. The first-order valence-electron chi connectivity index (χ1n) is 11.6. The zero-order valence-electron chi connectivity index (χ0n) is 18.4. The van der Waals surface area contributed by atoms with Crippen molar-refractivity contribution in [3.63, 3.8) is 0 Å². The average Bonchev–Trinajstić information content (AvgIpc) is 2.81. The minimum Gasteiger partial charge on any atom is -0.489 e. The average molecular weight is 431 g/mol. The highest BCUT2D eigenvalue weighted by atomic mass is 19.1. The van der Waals surface area contributed by atoms with Crippen LogP contribution in [0.25, 0.3) is 0 Å². The number of fused-ring (bicyclic) bond motifs is 3. The van der Waals surface area contributed by atoms with E-state index < -0.39 is 0 Å². The molecule has 1 aromatic rings. The summed E-state index contributed by atoms with van der Waals surface area (Å²) in [6.07, 6.45) is 8.22. The molecule has 4 aliphatic rings. The van der Waals surface area contributed by atoms with Crippen molar-refractivity contribution in [2.75, 3.05) is 26.9 Å². The summed E-state index contributed by atoms with van der Waals surface area (Å²) in [4.78, 5) is 13.3. The van der Waals surface area contributed by atoms with Crippen LogP contribution in [0.2, 0.25) is 0 Å². The SMILES string of the molecule is COC[C@@H]1C[C@@H](NC(=O)C23CCC(CC2)CC3)[C@H]1c1ccc(OC/C(=C/F)CN)cc1. The summed E-state index contributed by atoms with van der Waals surface area (Å²) in [6, 6.07) is 8.05. The topological polar surface area (TPSA) is 73.6 Å². The van der Waals surface area contributed by atoms with Crippen LogP contribution in [0, 0.1) is 17.3 Å². The van der Waals surface area contributed by atoms with Crippen LogP contribution < -0.4 is 15.8 Å². The molecular weight excluding hydrogens is 395 g/mol. The van der Waals surface area contributed by atoms with Crippen LogP contribution in [0.5, 0.6) is 5.75 Å². The van der Waals surface area contributed by atoms with Gasteiger partial charge in [-0.05, 0) is 74.5 Å². The van der Waals surface area contributed by atoms with Crippen LogP contribution in [-0.4, -0.2) is 38.8 Å². The Labute approximate surface area is 184 Å². The molecule has 6 heteroatoms. The number of halogens is 1. The van der Waals surface area contributed by atoms with Crippen molar-refractivity contribution < 1.29 is 18.7 Å². The van der Waals surface area contributed by atoms with Gasteiger partial charge in [0.25, 0.3) is 0 Å². The molecule has 4 saturated carbocycles. The maximum atomic E-state index is 13.3. The predicted molar refractivity (Wildman–Crippen MR) is 118 cm³/mol. The zero-order valence-corrected chi connectivity index (χ0v) is 18.4. The van der Waals surface area contributed by atoms with E-state index in [0.717, 1.165) is 31.6 Å². The van der Waals surface area contributed by atoms with Crippen molar-refractivity contribution in [3.05, 3.63) is 41.7 Å². The van der Waals surface area contributed by atoms with Crippen molar-refractivity contribution in [3.8, 4) is 5.75 Å². The Bertz CT molecular complexity index is 773. The van der Waals surface area contributed by atoms with E-state index in [1.54, 1.807) is 7.11 Å². The molecule has 0 heterocycles. The number of benzene rings is 1. The lowest BCUT2D eigenvalue weighted by molar-refractivity contribution is -0.139. The number of nitrogens with two attached hydrogens (primary N) is 1. The smallest absolute Gasteiger partial charge is 0.226 e. The highest BCUT2D eigenvalue weighted by Gasteiger charge is 2.49. The van der Waals surface area contributed by atoms with Gasteiger partial charge in [-0.15, -0.1) is 0 Å². The summed E-state index contributed by atoms with van der Waals surface area (Å²) in [5.74, 6) is 2.42. The Hall–Kier alpha value is -1.92. The van der Waals surface area contributed by atoms with E-state index in [0.29, 0.717) is 30.2 Å². The van der Waals surface area contributed by atoms with E-state index in [-0.39, 0.29) is 36.4 Å². The third-order valence-electron chi connectivity index (χ3n) is 7.88. The molecule has 5 rings (SSSR count). The lowest BCUT2D eigenvalue weighted by Gasteiger charge is -2.49. The van der Waals surface area contributed by atoms with Crippen LogP contribution in [0.1, 0.15) is 56.4 Å². The molecule has 0 spiro atoms. The van der Waals surface area contributed by atoms with E-state index in [1.165, 1.54) is 24.8 Å². The summed E-state index contributed by atoms with van der Waals surface area (Å²) in [5, 5.41) is 3.42. The van der Waals surface area contributed by atoms with Gasteiger partial charge in [0.05, 0.1) is 6.33 Å². The minimum absolute atomic E-state index is 0.131. The van der Waals surface area contributed by atoms with Gasteiger partial charge in [-0.3, -0.25) is 4.79 Å². The van der Waals surface area contributed by atoms with E-state index in [2.05, 4.69) is 5.32 Å². The number of carbonyl (C=O) groups is 1. The maximum Gasteiger partial charge on any atom is 0.226 e. The molecule has 31 heavy (non-hydrogen) atoms. The molecule has 0 saturated heterocycles. The number of methoxy groups -OCH3 is 1. The molecule has 1 aromatic carbocycles. The second-order valence-electron chi connectivity index (χ2n) is 9.65. The van der Waals surface area contributed by atoms with Gasteiger partial charge in [-0.25, -0.2) is 4.39 Å². The van der Waals surface area contributed by atoms with Gasteiger partial charge < -0.3 is 20.5 Å². The van der Waals surface area contributed by atoms with Gasteiger partial charge >= 0.3 is 0 Å². The first-order chi connectivity index (χ1) is 15.1. The molecule has 4 fully saturated rings. The fourth-order valence-electron chi connectivity index (χ4n) is 5.80. The Kier molecular flexibility index (Phi) is 6.97. The molecule has 2 bridgehead atoms. The number of ether oxygens (including phenoxy) is 2. The van der Waals surface area contributed by atoms with Crippen molar-refractivity contribution in [1.29, 1.82) is 0 Å². The molecular formula is C25H35FN2O3. The fraction of sp³-hybridized carbons (Fsp3) is 0.640. The fourth-order valence-corrected chi connectivity index (χ4v) is 5.80. The molecule has 1 amide bonds. The largest absolute Gasteiger partial charge is 0.489 e. The first-order valence-corrected chi connectivity index (χ1v) is 11.6. The van der Waals surface area contributed by atoms with Crippen LogP contribution in [0.15, 0.2) is 36.2 Å². The summed E-state index contributed by atoms with van der Waals surface area (Å²) < 4.78 is 23.7. The molecule has 170 valence electrons. The van der Waals surface area contributed by atoms with Crippen LogP contribution in [-0.2, 0) is 9.53 Å². The molecule has 5 nitrogen and oxygen atoms in total. The third kappa shape index (κ3) is 4.65. The normalized spacial score (nSPS) is 32.4. The summed E-state index contributed by atoms with van der Waals surface area (Å²) in [5.41, 5.74) is 6.94. The van der Waals surface area contributed by atoms with Crippen molar-refractivity contribution >= 4 is 5.91 Å². The van der Waals surface area contributed by atoms with Crippen LogP contribution >= 0.6 is 0 Å². The van der Waals surface area contributed by atoms with Crippen LogP contribution in [0.3, 0.4) is 0 Å². The van der Waals surface area contributed by atoms with Gasteiger partial charge in [-0.2, -0.15) is 0 Å². The van der Waals surface area contributed by atoms with Gasteiger partial charge in [-0.1, -0.05) is 12.1 Å². The van der Waals surface area contributed by atoms with Crippen molar-refractivity contribution in [2.45, 2.75) is 56.9 Å². The lowest BCUT2D eigenvalue weighted by atomic mass is 9.59.